The van der Waals surface area contributed by atoms with E-state index in [0.717, 1.165) is 12.5 Å². The van der Waals surface area contributed by atoms with Crippen LogP contribution in [-0.4, -0.2) is 51.4 Å². The summed E-state index contributed by atoms with van der Waals surface area (Å²) in [5.41, 5.74) is -3.30. The van der Waals surface area contributed by atoms with Gasteiger partial charge in [0.15, 0.2) is 28.7 Å². The Hall–Kier alpha value is -2.74. The molecule has 2 N–H and O–H groups in total. The number of ketones is 5. The number of rotatable bonds is 8. The Kier molecular flexibility index (Phi) is 8.24. The monoisotopic (exact) mass is 584 g/mol. The summed E-state index contributed by atoms with van der Waals surface area (Å²) in [7, 11) is 0. The number of carbonyl (C=O) groups is 5. The molecule has 7 atom stereocenters. The molecule has 230 valence electrons. The van der Waals surface area contributed by atoms with Gasteiger partial charge >= 0.3 is 0 Å². The number of aliphatic hydroxyl groups is 1. The van der Waals surface area contributed by atoms with Crippen molar-refractivity contribution in [3.63, 3.8) is 0 Å². The van der Waals surface area contributed by atoms with E-state index in [4.69, 9.17) is 0 Å². The molecule has 2 fully saturated rings. The molecular weight excluding hydrogens is 539 g/mol. The molecule has 0 radical (unpaired) electrons. The summed E-state index contributed by atoms with van der Waals surface area (Å²) in [6.45, 7) is 13.4. The van der Waals surface area contributed by atoms with Gasteiger partial charge in [0.1, 0.15) is 17.5 Å². The molecule has 4 rings (SSSR count). The summed E-state index contributed by atoms with van der Waals surface area (Å²) in [4.78, 5) is 68.9. The number of aromatic hydroxyl groups is 1. The first kappa shape index (κ1) is 32.2. The van der Waals surface area contributed by atoms with E-state index in [9.17, 15) is 38.6 Å². The van der Waals surface area contributed by atoms with Crippen molar-refractivity contribution in [2.24, 2.45) is 40.4 Å². The van der Waals surface area contributed by atoms with Crippen molar-refractivity contribution in [3.8, 4) is 5.75 Å². The lowest BCUT2D eigenvalue weighted by Crippen LogP contribution is -2.76. The second-order valence-electron chi connectivity index (χ2n) is 14.3. The Bertz CT molecular complexity index is 1360. The summed E-state index contributed by atoms with van der Waals surface area (Å²) in [6.07, 6.45) is 1.72. The predicted molar refractivity (Wildman–Crippen MR) is 155 cm³/mol. The normalized spacial score (nSPS) is 33.5. The van der Waals surface area contributed by atoms with Crippen molar-refractivity contribution in [1.29, 1.82) is 0 Å². The summed E-state index contributed by atoms with van der Waals surface area (Å²) < 4.78 is 13.4. The molecule has 8 heteroatoms. The molecule has 42 heavy (non-hydrogen) atoms. The van der Waals surface area contributed by atoms with Crippen LogP contribution in [-0.2, 0) is 32.0 Å². The van der Waals surface area contributed by atoms with E-state index in [1.807, 2.05) is 26.8 Å². The third-order valence-corrected chi connectivity index (χ3v) is 10.7. The van der Waals surface area contributed by atoms with Crippen LogP contribution in [0.5, 0.6) is 5.75 Å². The van der Waals surface area contributed by atoms with Crippen LogP contribution in [0.4, 0.5) is 4.39 Å². The van der Waals surface area contributed by atoms with Crippen molar-refractivity contribution in [1.82, 2.24) is 0 Å². The van der Waals surface area contributed by atoms with E-state index in [2.05, 4.69) is 0 Å². The van der Waals surface area contributed by atoms with E-state index in [-0.39, 0.29) is 36.0 Å². The maximum Gasteiger partial charge on any atom is 0.190 e. The average molecular weight is 585 g/mol. The zero-order valence-corrected chi connectivity index (χ0v) is 26.1. The summed E-state index contributed by atoms with van der Waals surface area (Å²) in [5, 5.41) is 23.6. The Morgan fingerprint density at radius 3 is 2.21 bits per heavy atom. The first-order chi connectivity index (χ1) is 19.4. The number of carbonyl (C=O) groups excluding carboxylic acids is 5. The minimum absolute atomic E-state index is 0.0235. The number of alkyl halides is 1. The highest BCUT2D eigenvalue weighted by Gasteiger charge is 2.76. The molecule has 0 aliphatic heterocycles. The quantitative estimate of drug-likeness (QED) is 0.405. The van der Waals surface area contributed by atoms with Gasteiger partial charge in [-0.3, -0.25) is 28.4 Å². The minimum Gasteiger partial charge on any atom is -0.507 e. The second kappa shape index (κ2) is 10.8. The highest BCUT2D eigenvalue weighted by molar-refractivity contribution is 6.32. The zero-order chi connectivity index (χ0) is 31.7. The zero-order valence-electron chi connectivity index (χ0n) is 26.1. The van der Waals surface area contributed by atoms with Gasteiger partial charge in [0.05, 0.1) is 18.2 Å². The number of hydrogen-bond acceptors (Lipinski definition) is 7. The predicted octanol–water partition coefficient (Wildman–Crippen LogP) is 5.14. The van der Waals surface area contributed by atoms with Gasteiger partial charge in [0.2, 0.25) is 0 Å². The molecule has 0 amide bonds. The largest absolute Gasteiger partial charge is 0.507 e. The van der Waals surface area contributed by atoms with Crippen LogP contribution in [0.1, 0.15) is 108 Å². The lowest BCUT2D eigenvalue weighted by Gasteiger charge is -2.62. The molecule has 1 aromatic carbocycles. The molecule has 3 aliphatic carbocycles. The van der Waals surface area contributed by atoms with Gasteiger partial charge in [-0.25, -0.2) is 0 Å². The van der Waals surface area contributed by atoms with E-state index in [0.29, 0.717) is 30.4 Å². The Labute approximate surface area is 247 Å². The molecule has 2 saturated carbocycles. The average Bonchev–Trinajstić information content (AvgIpc) is 2.87. The van der Waals surface area contributed by atoms with Gasteiger partial charge in [0, 0.05) is 11.3 Å². The van der Waals surface area contributed by atoms with Crippen LogP contribution in [0.3, 0.4) is 0 Å². The summed E-state index contributed by atoms with van der Waals surface area (Å²) >= 11 is 0. The van der Waals surface area contributed by atoms with Gasteiger partial charge in [-0.1, -0.05) is 61.0 Å². The highest BCUT2D eigenvalue weighted by atomic mass is 19.1. The van der Waals surface area contributed by atoms with Crippen LogP contribution in [0, 0.1) is 40.4 Å². The van der Waals surface area contributed by atoms with Gasteiger partial charge < -0.3 is 10.2 Å². The van der Waals surface area contributed by atoms with Crippen molar-refractivity contribution in [2.45, 2.75) is 99.0 Å². The van der Waals surface area contributed by atoms with Crippen molar-refractivity contribution in [3.05, 3.63) is 28.3 Å². The molecule has 1 aromatic rings. The molecule has 4 unspecified atom stereocenters. The second-order valence-corrected chi connectivity index (χ2v) is 14.3. The Morgan fingerprint density at radius 1 is 1.10 bits per heavy atom. The lowest BCUT2D eigenvalue weighted by molar-refractivity contribution is -0.205. The number of phenols is 1. The number of fused-ring (bicyclic) bond motifs is 3. The molecule has 0 spiro atoms. The van der Waals surface area contributed by atoms with Crippen molar-refractivity contribution in [2.75, 3.05) is 6.67 Å². The van der Waals surface area contributed by atoms with Gasteiger partial charge in [0.25, 0.3) is 0 Å². The van der Waals surface area contributed by atoms with Crippen LogP contribution in [0.15, 0.2) is 6.07 Å². The molecular formula is C34H45FO7. The third kappa shape index (κ3) is 4.34. The van der Waals surface area contributed by atoms with Crippen LogP contribution < -0.4 is 0 Å². The minimum atomic E-state index is -2.72. The van der Waals surface area contributed by atoms with Gasteiger partial charge in [-0.15, -0.1) is 0 Å². The maximum absolute atomic E-state index is 14.5. The van der Waals surface area contributed by atoms with Crippen LogP contribution >= 0.6 is 0 Å². The Balaban J connectivity index is 1.93. The van der Waals surface area contributed by atoms with Gasteiger partial charge in [-0.05, 0) is 72.5 Å². The molecule has 3 aliphatic rings. The number of benzene rings is 1. The fourth-order valence-electron chi connectivity index (χ4n) is 8.75. The molecule has 7 nitrogen and oxygen atoms in total. The molecule has 0 bridgehead atoms. The lowest BCUT2D eigenvalue weighted by atomic mass is 9.39. The number of halogens is 1. The number of aryl methyl sites for hydroxylation is 1. The van der Waals surface area contributed by atoms with Crippen LogP contribution in [0.25, 0.3) is 0 Å². The van der Waals surface area contributed by atoms with Gasteiger partial charge in [-0.2, -0.15) is 0 Å². The highest BCUT2D eigenvalue weighted by Crippen LogP contribution is 2.64. The number of hydrogen-bond donors (Lipinski definition) is 2. The molecule has 0 aromatic heterocycles. The molecule has 0 heterocycles. The van der Waals surface area contributed by atoms with E-state index < -0.39 is 75.7 Å². The fraction of sp³-hybridized carbons (Fsp3) is 0.676. The molecule has 0 saturated heterocycles. The SMILES string of the molecule is CCC(CF)CCc1cc(C(C)C)c2c(c1O)C(=O)C1C(=O)[C@@]3(O)C(=O)C(C(C)=O)C(=O)C(C(C)C)[C@@]3(C)C[C@@]1(C)C2. The summed E-state index contributed by atoms with van der Waals surface area (Å²) in [6, 6.07) is 1.88. The number of phenolic OH excluding ortho intramolecular Hbond substituents is 1. The maximum atomic E-state index is 14.5. The van der Waals surface area contributed by atoms with Crippen molar-refractivity contribution < 1.29 is 38.6 Å². The van der Waals surface area contributed by atoms with E-state index in [1.54, 1.807) is 27.7 Å². The standard InChI is InChI=1S/C34H45FO7/c1-9-19(14-35)10-11-20-12-21(16(2)3)22-13-32(7)15-33(8)25(17(4)5)28(38)23(18(6)36)30(40)34(33,42)31(41)26(32)29(39)24(22)27(20)37/h12,16-17,19,23,25-26,37,42H,9-11,13-15H2,1-8H3/t19?,23?,25?,26?,32-,33-,34+/m1/s1. The van der Waals surface area contributed by atoms with Crippen LogP contribution in [0.2, 0.25) is 0 Å². The topological polar surface area (TPSA) is 126 Å². The van der Waals surface area contributed by atoms with Crippen molar-refractivity contribution >= 4 is 28.9 Å². The van der Waals surface area contributed by atoms with E-state index in [1.165, 1.54) is 0 Å². The third-order valence-electron chi connectivity index (χ3n) is 10.7. The first-order valence-corrected chi connectivity index (χ1v) is 15.3. The first-order valence-electron chi connectivity index (χ1n) is 15.3. The fourth-order valence-corrected chi connectivity index (χ4v) is 8.75. The Morgan fingerprint density at radius 2 is 1.71 bits per heavy atom. The smallest absolute Gasteiger partial charge is 0.190 e. The number of Topliss-reactive ketones (excluding diaryl/α,β-unsaturated/α-hetero) is 5. The summed E-state index contributed by atoms with van der Waals surface area (Å²) in [5.74, 6) is -9.17. The van der Waals surface area contributed by atoms with E-state index >= 15 is 0 Å².